The maximum absolute atomic E-state index is 12.7. The number of aromatic amines is 1. The molecule has 6 heteroatoms. The summed E-state index contributed by atoms with van der Waals surface area (Å²) in [5, 5.41) is 0.747. The fraction of sp³-hybridized carbons (Fsp3) is 0.211. The van der Waals surface area contributed by atoms with Gasteiger partial charge in [-0.25, -0.2) is 0 Å². The van der Waals surface area contributed by atoms with Crippen LogP contribution in [0.1, 0.15) is 16.1 Å². The molecule has 0 radical (unpaired) electrons. The summed E-state index contributed by atoms with van der Waals surface area (Å²) in [6.45, 7) is 0. The average molecular weight is 341 g/mol. The fourth-order valence-corrected chi connectivity index (χ4v) is 2.77. The normalized spacial score (nSPS) is 10.6. The number of benzene rings is 2. The highest BCUT2D eigenvalue weighted by Crippen LogP contribution is 2.43. The molecule has 0 aliphatic carbocycles. The predicted molar refractivity (Wildman–Crippen MR) is 94.4 cm³/mol. The summed E-state index contributed by atoms with van der Waals surface area (Å²) in [6.07, 6.45) is 0. The lowest BCUT2D eigenvalue weighted by Gasteiger charge is -2.12. The maximum atomic E-state index is 12.7. The lowest BCUT2D eigenvalue weighted by molar-refractivity contribution is 0.103. The molecule has 0 amide bonds. The molecule has 0 aliphatic rings. The molecule has 1 aromatic heterocycles. The minimum Gasteiger partial charge on any atom is -0.497 e. The van der Waals surface area contributed by atoms with Gasteiger partial charge in [0.15, 0.2) is 11.5 Å². The van der Waals surface area contributed by atoms with E-state index in [-0.39, 0.29) is 5.78 Å². The Hall–Kier alpha value is -3.15. The number of carbonyl (C=O) groups is 1. The Kier molecular flexibility index (Phi) is 4.52. The minimum absolute atomic E-state index is 0.126. The highest BCUT2D eigenvalue weighted by Gasteiger charge is 2.20. The lowest BCUT2D eigenvalue weighted by Crippen LogP contribution is -2.01. The highest BCUT2D eigenvalue weighted by molar-refractivity contribution is 6.11. The first-order chi connectivity index (χ1) is 12.1. The van der Waals surface area contributed by atoms with Gasteiger partial charge in [-0.1, -0.05) is 0 Å². The molecule has 1 heterocycles. The third kappa shape index (κ3) is 2.87. The molecule has 0 aliphatic heterocycles. The van der Waals surface area contributed by atoms with E-state index in [0.29, 0.717) is 34.3 Å². The van der Waals surface area contributed by atoms with Gasteiger partial charge < -0.3 is 23.9 Å². The molecule has 0 saturated carbocycles. The molecular formula is C19H19NO5. The van der Waals surface area contributed by atoms with E-state index in [1.54, 1.807) is 64.8 Å². The molecule has 0 saturated heterocycles. The van der Waals surface area contributed by atoms with Crippen LogP contribution in [-0.4, -0.2) is 39.2 Å². The third-order valence-electron chi connectivity index (χ3n) is 4.02. The quantitative estimate of drug-likeness (QED) is 0.696. The summed E-state index contributed by atoms with van der Waals surface area (Å²) < 4.78 is 21.3. The van der Waals surface area contributed by atoms with Crippen molar-refractivity contribution in [3.8, 4) is 23.0 Å². The van der Waals surface area contributed by atoms with Crippen molar-refractivity contribution < 1.29 is 23.7 Å². The van der Waals surface area contributed by atoms with Gasteiger partial charge in [0.1, 0.15) is 5.75 Å². The monoisotopic (exact) mass is 341 g/mol. The number of hydrogen-bond donors (Lipinski definition) is 1. The van der Waals surface area contributed by atoms with Crippen LogP contribution in [0.4, 0.5) is 0 Å². The van der Waals surface area contributed by atoms with Crippen LogP contribution in [0.3, 0.4) is 0 Å². The van der Waals surface area contributed by atoms with Gasteiger partial charge in [0.2, 0.25) is 11.5 Å². The molecule has 6 nitrogen and oxygen atoms in total. The number of methoxy groups -OCH3 is 4. The standard InChI is InChI=1S/C19H19NO5/c1-22-12-7-5-11(6-8-12)17(21)15-9-13-14(20-15)10-16(23-2)19(25-4)18(13)24-3/h5-10,20H,1-4H3. The second-order valence-electron chi connectivity index (χ2n) is 5.35. The number of ether oxygens (including phenoxy) is 4. The number of aromatic nitrogens is 1. The van der Waals surface area contributed by atoms with Crippen LogP contribution in [0.5, 0.6) is 23.0 Å². The molecule has 130 valence electrons. The van der Waals surface area contributed by atoms with Gasteiger partial charge in [-0.15, -0.1) is 0 Å². The Morgan fingerprint density at radius 3 is 2.08 bits per heavy atom. The Labute approximate surface area is 145 Å². The van der Waals surface area contributed by atoms with E-state index in [2.05, 4.69) is 4.98 Å². The number of ketones is 1. The number of H-pyrrole nitrogens is 1. The Bertz CT molecular complexity index is 912. The molecule has 0 fully saturated rings. The zero-order chi connectivity index (χ0) is 18.0. The first-order valence-corrected chi connectivity index (χ1v) is 7.63. The summed E-state index contributed by atoms with van der Waals surface area (Å²) >= 11 is 0. The van der Waals surface area contributed by atoms with Crippen molar-refractivity contribution in [1.29, 1.82) is 0 Å². The molecule has 3 aromatic rings. The van der Waals surface area contributed by atoms with Crippen LogP contribution >= 0.6 is 0 Å². The second kappa shape index (κ2) is 6.76. The van der Waals surface area contributed by atoms with Crippen LogP contribution in [0.25, 0.3) is 10.9 Å². The van der Waals surface area contributed by atoms with Gasteiger partial charge in [-0.2, -0.15) is 0 Å². The Morgan fingerprint density at radius 2 is 1.52 bits per heavy atom. The summed E-state index contributed by atoms with van der Waals surface area (Å²) in [5.74, 6) is 2.10. The highest BCUT2D eigenvalue weighted by atomic mass is 16.5. The van der Waals surface area contributed by atoms with Crippen LogP contribution in [-0.2, 0) is 0 Å². The third-order valence-corrected chi connectivity index (χ3v) is 4.02. The van der Waals surface area contributed by atoms with Gasteiger partial charge in [0.25, 0.3) is 0 Å². The molecule has 0 unspecified atom stereocenters. The van der Waals surface area contributed by atoms with Crippen LogP contribution < -0.4 is 18.9 Å². The van der Waals surface area contributed by atoms with Crippen LogP contribution in [0.15, 0.2) is 36.4 Å². The smallest absolute Gasteiger partial charge is 0.209 e. The van der Waals surface area contributed by atoms with E-state index < -0.39 is 0 Å². The Balaban J connectivity index is 2.09. The molecule has 0 atom stereocenters. The van der Waals surface area contributed by atoms with Crippen molar-refractivity contribution in [2.75, 3.05) is 28.4 Å². The molecule has 2 aromatic carbocycles. The lowest BCUT2D eigenvalue weighted by atomic mass is 10.1. The van der Waals surface area contributed by atoms with E-state index in [0.717, 1.165) is 10.9 Å². The van der Waals surface area contributed by atoms with Crippen molar-refractivity contribution in [3.63, 3.8) is 0 Å². The number of hydrogen-bond acceptors (Lipinski definition) is 5. The van der Waals surface area contributed by atoms with E-state index >= 15 is 0 Å². The van der Waals surface area contributed by atoms with Gasteiger partial charge in [0, 0.05) is 17.0 Å². The SMILES string of the molecule is COc1ccc(C(=O)c2cc3c(OC)c(OC)c(OC)cc3[nH]2)cc1. The summed E-state index contributed by atoms with van der Waals surface area (Å²) in [7, 11) is 6.23. The van der Waals surface area contributed by atoms with Crippen molar-refractivity contribution in [2.24, 2.45) is 0 Å². The number of fused-ring (bicyclic) bond motifs is 1. The van der Waals surface area contributed by atoms with E-state index in [1.807, 2.05) is 0 Å². The summed E-state index contributed by atoms with van der Waals surface area (Å²) in [4.78, 5) is 15.9. The fourth-order valence-electron chi connectivity index (χ4n) is 2.77. The molecule has 25 heavy (non-hydrogen) atoms. The predicted octanol–water partition coefficient (Wildman–Crippen LogP) is 3.43. The van der Waals surface area contributed by atoms with E-state index in [1.165, 1.54) is 0 Å². The average Bonchev–Trinajstić information content (AvgIpc) is 3.09. The summed E-state index contributed by atoms with van der Waals surface area (Å²) in [6, 6.07) is 10.5. The first-order valence-electron chi connectivity index (χ1n) is 7.63. The largest absolute Gasteiger partial charge is 0.497 e. The van der Waals surface area contributed by atoms with Crippen molar-refractivity contribution in [2.45, 2.75) is 0 Å². The molecule has 0 bridgehead atoms. The first kappa shape index (κ1) is 16.7. The van der Waals surface area contributed by atoms with E-state index in [9.17, 15) is 4.79 Å². The number of rotatable bonds is 6. The van der Waals surface area contributed by atoms with Crippen LogP contribution in [0, 0.1) is 0 Å². The van der Waals surface area contributed by atoms with Gasteiger partial charge >= 0.3 is 0 Å². The number of nitrogens with one attached hydrogen (secondary N) is 1. The van der Waals surface area contributed by atoms with Crippen LogP contribution in [0.2, 0.25) is 0 Å². The van der Waals surface area contributed by atoms with Gasteiger partial charge in [0.05, 0.1) is 39.6 Å². The van der Waals surface area contributed by atoms with Crippen molar-refractivity contribution in [1.82, 2.24) is 4.98 Å². The number of carbonyl (C=O) groups excluding carboxylic acids is 1. The molecule has 1 N–H and O–H groups in total. The van der Waals surface area contributed by atoms with Gasteiger partial charge in [-0.3, -0.25) is 4.79 Å². The second-order valence-corrected chi connectivity index (χ2v) is 5.35. The van der Waals surface area contributed by atoms with Crippen molar-refractivity contribution >= 4 is 16.7 Å². The zero-order valence-corrected chi connectivity index (χ0v) is 14.5. The van der Waals surface area contributed by atoms with Gasteiger partial charge in [-0.05, 0) is 30.3 Å². The Morgan fingerprint density at radius 1 is 0.840 bits per heavy atom. The minimum atomic E-state index is -0.126. The molecular weight excluding hydrogens is 322 g/mol. The maximum Gasteiger partial charge on any atom is 0.209 e. The van der Waals surface area contributed by atoms with E-state index in [4.69, 9.17) is 18.9 Å². The van der Waals surface area contributed by atoms with Crippen molar-refractivity contribution in [3.05, 3.63) is 47.7 Å². The molecule has 3 rings (SSSR count). The zero-order valence-electron chi connectivity index (χ0n) is 14.5. The topological polar surface area (TPSA) is 69.8 Å². The summed E-state index contributed by atoms with van der Waals surface area (Å²) in [5.41, 5.74) is 1.74. The molecule has 0 spiro atoms.